The standard InChI is InChI=1S/C20H18N2O4/c1-10(2)12-7-6-11-4-3-5-13-16(11)17(12)20(26)22(19(13)25)14-8-9-15(23)21-18(14)24/h3-7,10,14H,8-9H2,1-2H3,(H,21,23,24). The van der Waals surface area contributed by atoms with Gasteiger partial charge >= 0.3 is 0 Å². The van der Waals surface area contributed by atoms with Crippen LogP contribution in [-0.4, -0.2) is 34.6 Å². The maximum absolute atomic E-state index is 13.3. The monoisotopic (exact) mass is 350 g/mol. The maximum atomic E-state index is 13.3. The molecule has 4 rings (SSSR count). The first-order valence-corrected chi connectivity index (χ1v) is 8.67. The minimum atomic E-state index is -0.962. The molecule has 4 amide bonds. The average molecular weight is 350 g/mol. The molecular formula is C20H18N2O4. The first-order valence-electron chi connectivity index (χ1n) is 8.67. The van der Waals surface area contributed by atoms with Crippen molar-refractivity contribution in [1.29, 1.82) is 0 Å². The van der Waals surface area contributed by atoms with Gasteiger partial charge in [-0.05, 0) is 29.4 Å². The summed E-state index contributed by atoms with van der Waals surface area (Å²) in [6.07, 6.45) is 0.258. The number of nitrogens with one attached hydrogen (secondary N) is 1. The molecule has 0 spiro atoms. The molecule has 6 nitrogen and oxygen atoms in total. The second-order valence-corrected chi connectivity index (χ2v) is 7.04. The predicted molar refractivity (Wildman–Crippen MR) is 94.7 cm³/mol. The van der Waals surface area contributed by atoms with Crippen molar-refractivity contribution in [3.05, 3.63) is 47.0 Å². The zero-order valence-electron chi connectivity index (χ0n) is 14.5. The van der Waals surface area contributed by atoms with E-state index in [0.717, 1.165) is 15.8 Å². The molecule has 6 heteroatoms. The van der Waals surface area contributed by atoms with E-state index in [4.69, 9.17) is 0 Å². The van der Waals surface area contributed by atoms with E-state index in [0.29, 0.717) is 16.5 Å². The number of hydrogen-bond acceptors (Lipinski definition) is 4. The fourth-order valence-corrected chi connectivity index (χ4v) is 3.84. The van der Waals surface area contributed by atoms with Gasteiger partial charge in [-0.2, -0.15) is 0 Å². The number of amides is 4. The molecule has 1 saturated heterocycles. The quantitative estimate of drug-likeness (QED) is 0.843. The molecular weight excluding hydrogens is 332 g/mol. The number of carbonyl (C=O) groups is 4. The highest BCUT2D eigenvalue weighted by Crippen LogP contribution is 2.36. The van der Waals surface area contributed by atoms with Crippen LogP contribution in [0.4, 0.5) is 0 Å². The summed E-state index contributed by atoms with van der Waals surface area (Å²) in [6, 6.07) is 8.18. The summed E-state index contributed by atoms with van der Waals surface area (Å²) in [4.78, 5) is 51.1. The summed E-state index contributed by atoms with van der Waals surface area (Å²) in [5.74, 6) is -1.83. The van der Waals surface area contributed by atoms with Gasteiger partial charge in [-0.15, -0.1) is 0 Å². The average Bonchev–Trinajstić information content (AvgIpc) is 2.60. The highest BCUT2D eigenvalue weighted by atomic mass is 16.2. The van der Waals surface area contributed by atoms with Crippen LogP contribution in [0.3, 0.4) is 0 Å². The van der Waals surface area contributed by atoms with Crippen LogP contribution in [0.1, 0.15) is 58.9 Å². The van der Waals surface area contributed by atoms with Gasteiger partial charge in [0.05, 0.1) is 5.56 Å². The minimum absolute atomic E-state index is 0.0863. The van der Waals surface area contributed by atoms with Crippen LogP contribution < -0.4 is 5.32 Å². The normalized spacial score (nSPS) is 20.1. The van der Waals surface area contributed by atoms with Gasteiger partial charge in [0.15, 0.2) is 0 Å². The number of nitrogens with zero attached hydrogens (tertiary/aromatic N) is 1. The van der Waals surface area contributed by atoms with Gasteiger partial charge < -0.3 is 0 Å². The summed E-state index contributed by atoms with van der Waals surface area (Å²) in [5.41, 5.74) is 1.75. The van der Waals surface area contributed by atoms with E-state index in [1.807, 2.05) is 32.0 Å². The third-order valence-corrected chi connectivity index (χ3v) is 5.10. The Morgan fingerprint density at radius 3 is 2.50 bits per heavy atom. The van der Waals surface area contributed by atoms with Crippen LogP contribution in [0.5, 0.6) is 0 Å². The Balaban J connectivity index is 1.93. The van der Waals surface area contributed by atoms with Gasteiger partial charge in [-0.25, -0.2) is 0 Å². The molecule has 1 atom stereocenters. The van der Waals surface area contributed by atoms with E-state index in [-0.39, 0.29) is 24.7 Å². The Morgan fingerprint density at radius 2 is 1.81 bits per heavy atom. The van der Waals surface area contributed by atoms with Gasteiger partial charge in [0.2, 0.25) is 11.8 Å². The maximum Gasteiger partial charge on any atom is 0.262 e. The summed E-state index contributed by atoms with van der Waals surface area (Å²) in [7, 11) is 0. The Kier molecular flexibility index (Phi) is 3.64. The molecule has 0 radical (unpaired) electrons. The zero-order valence-corrected chi connectivity index (χ0v) is 14.5. The van der Waals surface area contributed by atoms with Crippen molar-refractivity contribution in [2.75, 3.05) is 0 Å². The second-order valence-electron chi connectivity index (χ2n) is 7.04. The molecule has 0 aliphatic carbocycles. The zero-order chi connectivity index (χ0) is 18.6. The fourth-order valence-electron chi connectivity index (χ4n) is 3.84. The number of imide groups is 2. The molecule has 2 aliphatic heterocycles. The molecule has 0 bridgehead atoms. The van der Waals surface area contributed by atoms with Crippen molar-refractivity contribution in [1.82, 2.24) is 10.2 Å². The summed E-state index contributed by atoms with van der Waals surface area (Å²) in [5, 5.41) is 3.71. The van der Waals surface area contributed by atoms with Crippen LogP contribution in [0, 0.1) is 0 Å². The SMILES string of the molecule is CC(C)c1ccc2cccc3c2c1C(=O)N(C1CCC(=O)NC1=O)C3=O. The van der Waals surface area contributed by atoms with Crippen LogP contribution in [0.15, 0.2) is 30.3 Å². The van der Waals surface area contributed by atoms with Gasteiger partial charge in [-0.3, -0.25) is 29.4 Å². The lowest BCUT2D eigenvalue weighted by atomic mass is 9.85. The lowest BCUT2D eigenvalue weighted by Gasteiger charge is -2.35. The first-order chi connectivity index (χ1) is 12.4. The van der Waals surface area contributed by atoms with E-state index < -0.39 is 23.8 Å². The molecule has 2 aliphatic rings. The molecule has 0 aromatic heterocycles. The Bertz CT molecular complexity index is 993. The van der Waals surface area contributed by atoms with Crippen LogP contribution in [0.25, 0.3) is 10.8 Å². The van der Waals surface area contributed by atoms with E-state index >= 15 is 0 Å². The highest BCUT2D eigenvalue weighted by Gasteiger charge is 2.43. The third kappa shape index (κ3) is 2.25. The van der Waals surface area contributed by atoms with Crippen LogP contribution >= 0.6 is 0 Å². The predicted octanol–water partition coefficient (Wildman–Crippen LogP) is 2.36. The molecule has 0 saturated carbocycles. The Labute approximate surface area is 150 Å². The number of hydrogen-bond donors (Lipinski definition) is 1. The molecule has 1 unspecified atom stereocenters. The van der Waals surface area contributed by atoms with Crippen LogP contribution in [-0.2, 0) is 9.59 Å². The lowest BCUT2D eigenvalue weighted by molar-refractivity contribution is -0.136. The molecule has 2 heterocycles. The number of carbonyl (C=O) groups excluding carboxylic acids is 4. The summed E-state index contributed by atoms with van der Waals surface area (Å²) >= 11 is 0. The topological polar surface area (TPSA) is 83.6 Å². The van der Waals surface area contributed by atoms with Gasteiger partial charge in [0, 0.05) is 17.4 Å². The number of benzene rings is 2. The summed E-state index contributed by atoms with van der Waals surface area (Å²) < 4.78 is 0. The number of rotatable bonds is 2. The van der Waals surface area contributed by atoms with Crippen molar-refractivity contribution >= 4 is 34.4 Å². The minimum Gasteiger partial charge on any atom is -0.295 e. The van der Waals surface area contributed by atoms with Crippen molar-refractivity contribution in [3.8, 4) is 0 Å². The van der Waals surface area contributed by atoms with Gasteiger partial charge in [-0.1, -0.05) is 38.1 Å². The van der Waals surface area contributed by atoms with Gasteiger partial charge in [0.1, 0.15) is 6.04 Å². The van der Waals surface area contributed by atoms with Crippen molar-refractivity contribution in [3.63, 3.8) is 0 Å². The largest absolute Gasteiger partial charge is 0.295 e. The van der Waals surface area contributed by atoms with Crippen molar-refractivity contribution in [2.45, 2.75) is 38.6 Å². The lowest BCUT2D eigenvalue weighted by Crippen LogP contribution is -2.57. The van der Waals surface area contributed by atoms with E-state index in [1.165, 1.54) is 0 Å². The van der Waals surface area contributed by atoms with E-state index in [2.05, 4.69) is 5.32 Å². The van der Waals surface area contributed by atoms with Crippen LogP contribution in [0.2, 0.25) is 0 Å². The van der Waals surface area contributed by atoms with Crippen molar-refractivity contribution in [2.24, 2.45) is 0 Å². The van der Waals surface area contributed by atoms with E-state index in [9.17, 15) is 19.2 Å². The third-order valence-electron chi connectivity index (χ3n) is 5.10. The Hall–Kier alpha value is -3.02. The molecule has 2 aromatic carbocycles. The molecule has 26 heavy (non-hydrogen) atoms. The fraction of sp³-hybridized carbons (Fsp3) is 0.300. The second kappa shape index (κ2) is 5.76. The van der Waals surface area contributed by atoms with Crippen molar-refractivity contribution < 1.29 is 19.2 Å². The molecule has 1 fully saturated rings. The smallest absolute Gasteiger partial charge is 0.262 e. The molecule has 2 aromatic rings. The highest BCUT2D eigenvalue weighted by molar-refractivity contribution is 6.27. The van der Waals surface area contributed by atoms with E-state index in [1.54, 1.807) is 12.1 Å². The number of piperidine rings is 1. The van der Waals surface area contributed by atoms with Gasteiger partial charge in [0.25, 0.3) is 11.8 Å². The molecule has 1 N–H and O–H groups in total. The first kappa shape index (κ1) is 16.4. The molecule has 132 valence electrons. The summed E-state index contributed by atoms with van der Waals surface area (Å²) in [6.45, 7) is 3.97. The Morgan fingerprint density at radius 1 is 1.04 bits per heavy atom.